The standard InChI is InChI=1S/C13H15N3O3S/c1-3-4-16-6-9(5-11(16)18)12(19)15-13-14-10(7-20-13)8(2)17/h3,7,9H,1,4-6H2,2H3,(H,14,15,19). The minimum Gasteiger partial charge on any atom is -0.338 e. The van der Waals surface area contributed by atoms with Crippen molar-refractivity contribution in [3.05, 3.63) is 23.7 Å². The van der Waals surface area contributed by atoms with Crippen molar-refractivity contribution in [1.29, 1.82) is 0 Å². The monoisotopic (exact) mass is 293 g/mol. The molecule has 0 bridgehead atoms. The van der Waals surface area contributed by atoms with Gasteiger partial charge in [0.1, 0.15) is 5.69 Å². The van der Waals surface area contributed by atoms with E-state index in [4.69, 9.17) is 0 Å². The molecule has 1 fully saturated rings. The molecule has 2 amide bonds. The van der Waals surface area contributed by atoms with Crippen LogP contribution in [0.5, 0.6) is 0 Å². The Kier molecular flexibility index (Phi) is 4.29. The molecular weight excluding hydrogens is 278 g/mol. The quantitative estimate of drug-likeness (QED) is 0.656. The lowest BCUT2D eigenvalue weighted by molar-refractivity contribution is -0.127. The number of anilines is 1. The van der Waals surface area contributed by atoms with Crippen LogP contribution in [0.2, 0.25) is 0 Å². The third-order valence-electron chi connectivity index (χ3n) is 3.03. The molecule has 7 heteroatoms. The number of hydrogen-bond acceptors (Lipinski definition) is 5. The third kappa shape index (κ3) is 3.11. The van der Waals surface area contributed by atoms with E-state index in [-0.39, 0.29) is 29.9 Å². The van der Waals surface area contributed by atoms with E-state index >= 15 is 0 Å². The molecule has 0 aromatic carbocycles. The van der Waals surface area contributed by atoms with Crippen LogP contribution in [0.4, 0.5) is 5.13 Å². The molecule has 1 atom stereocenters. The normalized spacial score (nSPS) is 18.1. The summed E-state index contributed by atoms with van der Waals surface area (Å²) in [5.74, 6) is -0.815. The summed E-state index contributed by atoms with van der Waals surface area (Å²) >= 11 is 1.20. The fourth-order valence-electron chi connectivity index (χ4n) is 1.98. The molecule has 1 aliphatic rings. The van der Waals surface area contributed by atoms with E-state index in [1.54, 1.807) is 16.4 Å². The molecule has 1 aliphatic heterocycles. The highest BCUT2D eigenvalue weighted by molar-refractivity contribution is 7.14. The molecule has 20 heavy (non-hydrogen) atoms. The molecule has 1 unspecified atom stereocenters. The lowest BCUT2D eigenvalue weighted by Gasteiger charge is -2.13. The molecule has 2 heterocycles. The number of nitrogens with zero attached hydrogens (tertiary/aromatic N) is 2. The summed E-state index contributed by atoms with van der Waals surface area (Å²) in [6.07, 6.45) is 1.84. The molecule has 0 radical (unpaired) electrons. The average molecular weight is 293 g/mol. The number of ketones is 1. The Morgan fingerprint density at radius 3 is 3.00 bits per heavy atom. The number of carbonyl (C=O) groups is 3. The Hall–Kier alpha value is -2.02. The van der Waals surface area contributed by atoms with Crippen LogP contribution >= 0.6 is 11.3 Å². The van der Waals surface area contributed by atoms with E-state index in [2.05, 4.69) is 16.9 Å². The molecule has 1 N–H and O–H groups in total. The van der Waals surface area contributed by atoms with Crippen LogP contribution in [-0.4, -0.2) is 40.6 Å². The fraction of sp³-hybridized carbons (Fsp3) is 0.385. The van der Waals surface area contributed by atoms with Gasteiger partial charge in [-0.3, -0.25) is 14.4 Å². The number of hydrogen-bond donors (Lipinski definition) is 1. The van der Waals surface area contributed by atoms with Gasteiger partial charge in [-0.15, -0.1) is 17.9 Å². The maximum atomic E-state index is 12.1. The first-order valence-corrected chi connectivity index (χ1v) is 7.05. The lowest BCUT2D eigenvalue weighted by atomic mass is 10.1. The molecule has 2 rings (SSSR count). The van der Waals surface area contributed by atoms with Gasteiger partial charge in [0.05, 0.1) is 5.92 Å². The number of nitrogens with one attached hydrogen (secondary N) is 1. The zero-order valence-corrected chi connectivity index (χ0v) is 11.9. The third-order valence-corrected chi connectivity index (χ3v) is 3.79. The van der Waals surface area contributed by atoms with Gasteiger partial charge in [0.25, 0.3) is 0 Å². The molecular formula is C13H15N3O3S. The number of carbonyl (C=O) groups excluding carboxylic acids is 3. The summed E-state index contributed by atoms with van der Waals surface area (Å²) in [6, 6.07) is 0. The summed E-state index contributed by atoms with van der Waals surface area (Å²) in [6.45, 7) is 5.84. The van der Waals surface area contributed by atoms with Crippen molar-refractivity contribution in [1.82, 2.24) is 9.88 Å². The SMILES string of the molecule is C=CCN1CC(C(=O)Nc2nc(C(C)=O)cs2)CC1=O. The molecule has 1 saturated heterocycles. The Morgan fingerprint density at radius 1 is 1.65 bits per heavy atom. The minimum atomic E-state index is -0.382. The molecule has 106 valence electrons. The largest absolute Gasteiger partial charge is 0.338 e. The summed E-state index contributed by atoms with van der Waals surface area (Å²) in [7, 11) is 0. The zero-order valence-electron chi connectivity index (χ0n) is 11.1. The van der Waals surface area contributed by atoms with E-state index < -0.39 is 0 Å². The first kappa shape index (κ1) is 14.4. The van der Waals surface area contributed by atoms with Crippen LogP contribution < -0.4 is 5.32 Å². The van der Waals surface area contributed by atoms with Gasteiger partial charge in [0.2, 0.25) is 11.8 Å². The highest BCUT2D eigenvalue weighted by Gasteiger charge is 2.33. The van der Waals surface area contributed by atoms with Crippen molar-refractivity contribution < 1.29 is 14.4 Å². The van der Waals surface area contributed by atoms with Gasteiger partial charge in [-0.1, -0.05) is 6.08 Å². The second kappa shape index (κ2) is 5.96. The number of aromatic nitrogens is 1. The summed E-state index contributed by atoms with van der Waals surface area (Å²) < 4.78 is 0. The van der Waals surface area contributed by atoms with Crippen molar-refractivity contribution in [3.63, 3.8) is 0 Å². The Labute approximate surface area is 120 Å². The van der Waals surface area contributed by atoms with Crippen molar-refractivity contribution in [2.24, 2.45) is 5.92 Å². The maximum absolute atomic E-state index is 12.1. The van der Waals surface area contributed by atoms with Crippen molar-refractivity contribution in [2.45, 2.75) is 13.3 Å². The predicted molar refractivity (Wildman–Crippen MR) is 75.6 cm³/mol. The van der Waals surface area contributed by atoms with Crippen LogP contribution in [-0.2, 0) is 9.59 Å². The molecule has 0 aliphatic carbocycles. The summed E-state index contributed by atoms with van der Waals surface area (Å²) in [4.78, 5) is 40.5. The molecule has 0 saturated carbocycles. The Balaban J connectivity index is 1.96. The molecule has 1 aromatic rings. The van der Waals surface area contributed by atoms with Crippen LogP contribution in [0.3, 0.4) is 0 Å². The van der Waals surface area contributed by atoms with Crippen LogP contribution in [0.1, 0.15) is 23.8 Å². The van der Waals surface area contributed by atoms with E-state index in [1.165, 1.54) is 18.3 Å². The highest BCUT2D eigenvalue weighted by atomic mass is 32.1. The van der Waals surface area contributed by atoms with Crippen LogP contribution in [0.25, 0.3) is 0 Å². The first-order chi connectivity index (χ1) is 9.51. The van der Waals surface area contributed by atoms with E-state index in [9.17, 15) is 14.4 Å². The smallest absolute Gasteiger partial charge is 0.231 e. The first-order valence-electron chi connectivity index (χ1n) is 6.17. The minimum absolute atomic E-state index is 0.0476. The van der Waals surface area contributed by atoms with Gasteiger partial charge in [0, 0.05) is 31.8 Å². The topological polar surface area (TPSA) is 79.4 Å². The van der Waals surface area contributed by atoms with Gasteiger partial charge in [-0.2, -0.15) is 0 Å². The lowest BCUT2D eigenvalue weighted by Crippen LogP contribution is -2.28. The van der Waals surface area contributed by atoms with Gasteiger partial charge in [-0.05, 0) is 0 Å². The van der Waals surface area contributed by atoms with Crippen LogP contribution in [0, 0.1) is 5.92 Å². The number of amides is 2. The van der Waals surface area contributed by atoms with Gasteiger partial charge >= 0.3 is 0 Å². The zero-order chi connectivity index (χ0) is 14.7. The average Bonchev–Trinajstić information content (AvgIpc) is 2.98. The van der Waals surface area contributed by atoms with Gasteiger partial charge < -0.3 is 10.2 Å². The summed E-state index contributed by atoms with van der Waals surface area (Å²) in [5.41, 5.74) is 0.334. The second-order valence-corrected chi connectivity index (χ2v) is 5.43. The molecule has 0 spiro atoms. The highest BCUT2D eigenvalue weighted by Crippen LogP contribution is 2.21. The van der Waals surface area contributed by atoms with E-state index in [0.29, 0.717) is 23.9 Å². The van der Waals surface area contributed by atoms with E-state index in [0.717, 1.165) is 0 Å². The number of rotatable bonds is 5. The van der Waals surface area contributed by atoms with E-state index in [1.807, 2.05) is 0 Å². The van der Waals surface area contributed by atoms with Crippen molar-refractivity contribution in [3.8, 4) is 0 Å². The number of thiazole rings is 1. The second-order valence-electron chi connectivity index (χ2n) is 4.57. The molecule has 1 aromatic heterocycles. The van der Waals surface area contributed by atoms with Gasteiger partial charge in [-0.25, -0.2) is 4.98 Å². The van der Waals surface area contributed by atoms with Crippen molar-refractivity contribution in [2.75, 3.05) is 18.4 Å². The Bertz CT molecular complexity index is 567. The maximum Gasteiger partial charge on any atom is 0.231 e. The molecule has 6 nitrogen and oxygen atoms in total. The van der Waals surface area contributed by atoms with Gasteiger partial charge in [0.15, 0.2) is 10.9 Å². The Morgan fingerprint density at radius 2 is 2.40 bits per heavy atom. The summed E-state index contributed by atoms with van der Waals surface area (Å²) in [5, 5.41) is 4.64. The predicted octanol–water partition coefficient (Wildman–Crippen LogP) is 1.32. The van der Waals surface area contributed by atoms with Crippen molar-refractivity contribution >= 4 is 34.1 Å². The fourth-order valence-corrected chi connectivity index (χ4v) is 2.73. The number of Topliss-reactive ketones (excluding diaryl/α,β-unsaturated/α-hetero) is 1. The van der Waals surface area contributed by atoms with Crippen LogP contribution in [0.15, 0.2) is 18.0 Å². The number of likely N-dealkylation sites (tertiary alicyclic amines) is 1.